The van der Waals surface area contributed by atoms with E-state index in [4.69, 9.17) is 10.1 Å². The molecule has 5 heteroatoms. The average molecular weight is 299 g/mol. The van der Waals surface area contributed by atoms with Gasteiger partial charge in [-0.25, -0.2) is 0 Å². The summed E-state index contributed by atoms with van der Waals surface area (Å²) in [6, 6.07) is 3.42. The molecule has 92 valence electrons. The summed E-state index contributed by atoms with van der Waals surface area (Å²) in [5.74, 6) is 0.0904. The molecule has 0 bridgehead atoms. The van der Waals surface area contributed by atoms with Crippen LogP contribution in [0.1, 0.15) is 24.8 Å². The van der Waals surface area contributed by atoms with E-state index >= 15 is 0 Å². The largest absolute Gasteiger partial charge is 0.507 e. The van der Waals surface area contributed by atoms with E-state index in [-0.39, 0.29) is 12.0 Å². The molecule has 0 aromatic heterocycles. The Morgan fingerprint density at radius 2 is 2.29 bits per heavy atom. The van der Waals surface area contributed by atoms with Gasteiger partial charge in [-0.3, -0.25) is 0 Å². The molecule has 1 aromatic rings. The van der Waals surface area contributed by atoms with Crippen LogP contribution in [0.15, 0.2) is 16.6 Å². The van der Waals surface area contributed by atoms with Gasteiger partial charge in [-0.15, -0.1) is 0 Å². The average Bonchev–Trinajstić information content (AvgIpc) is 2.30. The van der Waals surface area contributed by atoms with E-state index in [1.165, 1.54) is 0 Å². The SMILES string of the molecule is N=Cc1c(O)cc(Br)cc1NC1CCCCO1. The Bertz CT molecular complexity index is 417. The lowest BCUT2D eigenvalue weighted by Gasteiger charge is -2.25. The van der Waals surface area contributed by atoms with Crippen molar-refractivity contribution in [2.75, 3.05) is 11.9 Å². The molecule has 1 atom stereocenters. The summed E-state index contributed by atoms with van der Waals surface area (Å²) in [6.45, 7) is 0.761. The maximum absolute atomic E-state index is 9.74. The number of rotatable bonds is 3. The third kappa shape index (κ3) is 2.98. The number of halogens is 1. The van der Waals surface area contributed by atoms with Gasteiger partial charge >= 0.3 is 0 Å². The molecule has 17 heavy (non-hydrogen) atoms. The molecule has 1 heterocycles. The lowest BCUT2D eigenvalue weighted by atomic mass is 10.1. The maximum atomic E-state index is 9.74. The Morgan fingerprint density at radius 3 is 2.94 bits per heavy atom. The van der Waals surface area contributed by atoms with Crippen LogP contribution in [0.3, 0.4) is 0 Å². The summed E-state index contributed by atoms with van der Waals surface area (Å²) in [6.07, 6.45) is 4.30. The molecule has 3 N–H and O–H groups in total. The van der Waals surface area contributed by atoms with E-state index in [2.05, 4.69) is 21.2 Å². The van der Waals surface area contributed by atoms with Crippen LogP contribution < -0.4 is 5.32 Å². The predicted octanol–water partition coefficient (Wildman–Crippen LogP) is 3.09. The monoisotopic (exact) mass is 298 g/mol. The Hall–Kier alpha value is -1.07. The normalized spacial score (nSPS) is 19.9. The van der Waals surface area contributed by atoms with Gasteiger partial charge in [0, 0.05) is 23.0 Å². The molecule has 0 saturated carbocycles. The van der Waals surface area contributed by atoms with Crippen molar-refractivity contribution in [3.8, 4) is 5.75 Å². The molecule has 1 fully saturated rings. The summed E-state index contributed by atoms with van der Waals surface area (Å²) in [5, 5.41) is 20.3. The Kier molecular flexibility index (Phi) is 4.02. The zero-order valence-corrected chi connectivity index (χ0v) is 11.0. The molecule has 1 aliphatic heterocycles. The summed E-state index contributed by atoms with van der Waals surface area (Å²) >= 11 is 3.33. The van der Waals surface area contributed by atoms with Crippen molar-refractivity contribution < 1.29 is 9.84 Å². The minimum absolute atomic E-state index is 0.0313. The number of nitrogens with one attached hydrogen (secondary N) is 2. The molecular formula is C12H15BrN2O2. The summed E-state index contributed by atoms with van der Waals surface area (Å²) in [4.78, 5) is 0. The fourth-order valence-electron chi connectivity index (χ4n) is 1.90. The fourth-order valence-corrected chi connectivity index (χ4v) is 2.35. The number of ether oxygens (including phenoxy) is 1. The van der Waals surface area contributed by atoms with Crippen LogP contribution in [-0.4, -0.2) is 24.2 Å². The number of hydrogen-bond acceptors (Lipinski definition) is 4. The van der Waals surface area contributed by atoms with Crippen LogP contribution in [0.2, 0.25) is 0 Å². The lowest BCUT2D eigenvalue weighted by Crippen LogP contribution is -2.27. The minimum atomic E-state index is -0.0313. The number of aromatic hydroxyl groups is 1. The number of phenols is 1. The van der Waals surface area contributed by atoms with Gasteiger partial charge in [0.15, 0.2) is 0 Å². The zero-order chi connectivity index (χ0) is 12.3. The first-order valence-electron chi connectivity index (χ1n) is 5.62. The van der Waals surface area contributed by atoms with Gasteiger partial charge in [0.25, 0.3) is 0 Å². The number of benzene rings is 1. The van der Waals surface area contributed by atoms with E-state index in [9.17, 15) is 5.11 Å². The third-order valence-electron chi connectivity index (χ3n) is 2.76. The van der Waals surface area contributed by atoms with Gasteiger partial charge in [0.2, 0.25) is 0 Å². The first-order valence-corrected chi connectivity index (χ1v) is 6.41. The van der Waals surface area contributed by atoms with E-state index < -0.39 is 0 Å². The van der Waals surface area contributed by atoms with E-state index in [1.807, 2.05) is 6.07 Å². The van der Waals surface area contributed by atoms with Crippen LogP contribution >= 0.6 is 15.9 Å². The summed E-state index contributed by atoms with van der Waals surface area (Å²) < 4.78 is 6.35. The van der Waals surface area contributed by atoms with Crippen LogP contribution in [0.25, 0.3) is 0 Å². The molecule has 0 aliphatic carbocycles. The van der Waals surface area contributed by atoms with Crippen molar-refractivity contribution in [1.29, 1.82) is 5.41 Å². The Morgan fingerprint density at radius 1 is 1.47 bits per heavy atom. The highest BCUT2D eigenvalue weighted by Crippen LogP contribution is 2.30. The molecule has 0 amide bonds. The molecule has 0 spiro atoms. The maximum Gasteiger partial charge on any atom is 0.127 e. The van der Waals surface area contributed by atoms with Gasteiger partial charge < -0.3 is 20.6 Å². The van der Waals surface area contributed by atoms with Gasteiger partial charge in [-0.1, -0.05) is 15.9 Å². The van der Waals surface area contributed by atoms with Crippen LogP contribution in [-0.2, 0) is 4.74 Å². The molecule has 1 unspecified atom stereocenters. The van der Waals surface area contributed by atoms with E-state index in [0.717, 1.165) is 42.2 Å². The molecule has 1 aliphatic rings. The van der Waals surface area contributed by atoms with Crippen LogP contribution in [0.5, 0.6) is 5.75 Å². The molecule has 1 saturated heterocycles. The van der Waals surface area contributed by atoms with Crippen LogP contribution in [0, 0.1) is 5.41 Å². The van der Waals surface area contributed by atoms with E-state index in [0.29, 0.717) is 5.56 Å². The second kappa shape index (κ2) is 5.51. The molecule has 1 aromatic carbocycles. The zero-order valence-electron chi connectivity index (χ0n) is 9.37. The van der Waals surface area contributed by atoms with Crippen molar-refractivity contribution >= 4 is 27.8 Å². The number of hydrogen-bond donors (Lipinski definition) is 3. The molecule has 4 nitrogen and oxygen atoms in total. The highest BCUT2D eigenvalue weighted by molar-refractivity contribution is 9.10. The van der Waals surface area contributed by atoms with Crippen molar-refractivity contribution in [1.82, 2.24) is 0 Å². The lowest BCUT2D eigenvalue weighted by molar-refractivity contribution is 0.0343. The van der Waals surface area contributed by atoms with Crippen LogP contribution in [0.4, 0.5) is 5.69 Å². The quantitative estimate of drug-likeness (QED) is 0.751. The smallest absolute Gasteiger partial charge is 0.127 e. The number of phenolic OH excluding ortho intramolecular Hbond substituents is 1. The van der Waals surface area contributed by atoms with Gasteiger partial charge in [-0.05, 0) is 31.4 Å². The highest BCUT2D eigenvalue weighted by Gasteiger charge is 2.16. The third-order valence-corrected chi connectivity index (χ3v) is 3.22. The fraction of sp³-hybridized carbons (Fsp3) is 0.417. The first-order chi connectivity index (χ1) is 8.20. The summed E-state index contributed by atoms with van der Waals surface area (Å²) in [7, 11) is 0. The Balaban J connectivity index is 2.21. The standard InChI is InChI=1S/C12H15BrN2O2/c13-8-5-10(9(7-14)11(16)6-8)15-12-3-1-2-4-17-12/h5-7,12,14-16H,1-4H2. The molecular weight excluding hydrogens is 284 g/mol. The molecule has 0 radical (unpaired) electrons. The predicted molar refractivity (Wildman–Crippen MR) is 70.9 cm³/mol. The Labute approximate surface area is 109 Å². The second-order valence-electron chi connectivity index (χ2n) is 4.03. The minimum Gasteiger partial charge on any atom is -0.507 e. The van der Waals surface area contributed by atoms with Crippen molar-refractivity contribution in [3.05, 3.63) is 22.2 Å². The van der Waals surface area contributed by atoms with Crippen molar-refractivity contribution in [2.24, 2.45) is 0 Å². The van der Waals surface area contributed by atoms with E-state index in [1.54, 1.807) is 6.07 Å². The second-order valence-corrected chi connectivity index (χ2v) is 4.95. The van der Waals surface area contributed by atoms with Crippen molar-refractivity contribution in [3.63, 3.8) is 0 Å². The highest BCUT2D eigenvalue weighted by atomic mass is 79.9. The van der Waals surface area contributed by atoms with Crippen molar-refractivity contribution in [2.45, 2.75) is 25.5 Å². The van der Waals surface area contributed by atoms with Gasteiger partial charge in [-0.2, -0.15) is 0 Å². The first kappa shape index (κ1) is 12.4. The van der Waals surface area contributed by atoms with Gasteiger partial charge in [0.05, 0.1) is 5.56 Å². The summed E-state index contributed by atoms with van der Waals surface area (Å²) in [5.41, 5.74) is 1.21. The topological polar surface area (TPSA) is 65.3 Å². The molecule has 2 rings (SSSR count). The van der Waals surface area contributed by atoms with Gasteiger partial charge in [0.1, 0.15) is 12.0 Å². The number of anilines is 1.